The van der Waals surface area contributed by atoms with Crippen molar-refractivity contribution < 1.29 is 18.7 Å². The van der Waals surface area contributed by atoms with Crippen LogP contribution in [0, 0.1) is 11.7 Å². The van der Waals surface area contributed by atoms with Crippen LogP contribution >= 0.6 is 0 Å². The van der Waals surface area contributed by atoms with Crippen molar-refractivity contribution in [1.82, 2.24) is 4.90 Å². The Morgan fingerprint density at radius 3 is 2.31 bits per heavy atom. The summed E-state index contributed by atoms with van der Waals surface area (Å²) in [7, 11) is 1.34. The number of carbonyl (C=O) groups excluding carboxylic acids is 2. The molecule has 1 amide bonds. The van der Waals surface area contributed by atoms with E-state index in [1.807, 2.05) is 30.3 Å². The molecule has 0 spiro atoms. The monoisotopic (exact) mass is 357 g/mol. The van der Waals surface area contributed by atoms with Crippen molar-refractivity contribution in [1.29, 1.82) is 0 Å². The van der Waals surface area contributed by atoms with Crippen molar-refractivity contribution in [3.8, 4) is 0 Å². The maximum absolute atomic E-state index is 13.0. The van der Waals surface area contributed by atoms with Crippen molar-refractivity contribution in [2.75, 3.05) is 20.2 Å². The molecule has 0 N–H and O–H groups in total. The highest BCUT2D eigenvalue weighted by atomic mass is 19.1. The standard InChI is InChI=1S/C21H24FNO3/c1-16(21(25)26-2)15-23(13-12-17-8-10-19(22)11-9-17)20(24)14-18-6-4-3-5-7-18/h3-11,16H,12-15H2,1-2H3. The van der Waals surface area contributed by atoms with Gasteiger partial charge in [-0.2, -0.15) is 0 Å². The van der Waals surface area contributed by atoms with E-state index >= 15 is 0 Å². The second-order valence-corrected chi connectivity index (χ2v) is 6.30. The Balaban J connectivity index is 2.05. The molecule has 0 aliphatic heterocycles. The molecule has 4 nitrogen and oxygen atoms in total. The van der Waals surface area contributed by atoms with Gasteiger partial charge in [-0.05, 0) is 29.7 Å². The number of hydrogen-bond acceptors (Lipinski definition) is 3. The first-order valence-corrected chi connectivity index (χ1v) is 8.63. The molecule has 0 saturated heterocycles. The van der Waals surface area contributed by atoms with E-state index in [9.17, 15) is 14.0 Å². The van der Waals surface area contributed by atoms with Gasteiger partial charge in [0.2, 0.25) is 5.91 Å². The fourth-order valence-corrected chi connectivity index (χ4v) is 2.72. The zero-order chi connectivity index (χ0) is 18.9. The Labute approximate surface area is 153 Å². The lowest BCUT2D eigenvalue weighted by Crippen LogP contribution is -2.39. The number of benzene rings is 2. The summed E-state index contributed by atoms with van der Waals surface area (Å²) < 4.78 is 17.8. The average Bonchev–Trinajstić information content (AvgIpc) is 2.66. The van der Waals surface area contributed by atoms with Crippen molar-refractivity contribution in [3.63, 3.8) is 0 Å². The first-order valence-electron chi connectivity index (χ1n) is 8.63. The predicted octanol–water partition coefficient (Wildman–Crippen LogP) is 3.25. The highest BCUT2D eigenvalue weighted by Crippen LogP contribution is 2.10. The summed E-state index contributed by atoms with van der Waals surface area (Å²) in [6.07, 6.45) is 0.868. The number of halogens is 1. The SMILES string of the molecule is COC(=O)C(C)CN(CCc1ccc(F)cc1)C(=O)Cc1ccccc1. The summed E-state index contributed by atoms with van der Waals surface area (Å²) in [5.74, 6) is -1.09. The second-order valence-electron chi connectivity index (χ2n) is 6.30. The fourth-order valence-electron chi connectivity index (χ4n) is 2.72. The van der Waals surface area contributed by atoms with Crippen molar-refractivity contribution >= 4 is 11.9 Å². The third-order valence-electron chi connectivity index (χ3n) is 4.23. The Bertz CT molecular complexity index is 716. The van der Waals surface area contributed by atoms with Gasteiger partial charge in [0, 0.05) is 13.1 Å². The number of methoxy groups -OCH3 is 1. The fraction of sp³-hybridized carbons (Fsp3) is 0.333. The van der Waals surface area contributed by atoms with E-state index in [2.05, 4.69) is 0 Å². The van der Waals surface area contributed by atoms with Gasteiger partial charge in [0.25, 0.3) is 0 Å². The summed E-state index contributed by atoms with van der Waals surface area (Å²) >= 11 is 0. The second kappa shape index (κ2) is 9.70. The normalized spacial score (nSPS) is 11.7. The third kappa shape index (κ3) is 5.99. The number of amides is 1. The Morgan fingerprint density at radius 2 is 1.69 bits per heavy atom. The van der Waals surface area contributed by atoms with Crippen LogP contribution in [0.15, 0.2) is 54.6 Å². The van der Waals surface area contributed by atoms with Crippen LogP contribution in [-0.4, -0.2) is 37.0 Å². The van der Waals surface area contributed by atoms with E-state index in [0.717, 1.165) is 11.1 Å². The summed E-state index contributed by atoms with van der Waals surface area (Å²) in [5, 5.41) is 0. The molecule has 0 fully saturated rings. The number of carbonyl (C=O) groups is 2. The molecule has 0 radical (unpaired) electrons. The quantitative estimate of drug-likeness (QED) is 0.682. The highest BCUT2D eigenvalue weighted by molar-refractivity contribution is 5.80. The summed E-state index contributed by atoms with van der Waals surface area (Å²) in [6, 6.07) is 15.7. The minimum atomic E-state index is -0.409. The molecule has 5 heteroatoms. The van der Waals surface area contributed by atoms with E-state index in [-0.39, 0.29) is 24.1 Å². The topological polar surface area (TPSA) is 46.6 Å². The maximum atomic E-state index is 13.0. The van der Waals surface area contributed by atoms with Crippen molar-refractivity contribution in [2.24, 2.45) is 5.92 Å². The molecule has 0 aromatic heterocycles. The van der Waals surface area contributed by atoms with E-state index < -0.39 is 5.92 Å². The van der Waals surface area contributed by atoms with Gasteiger partial charge in [-0.25, -0.2) is 4.39 Å². The largest absolute Gasteiger partial charge is 0.469 e. The lowest BCUT2D eigenvalue weighted by Gasteiger charge is -2.25. The van der Waals surface area contributed by atoms with Gasteiger partial charge in [-0.1, -0.05) is 49.4 Å². The smallest absolute Gasteiger partial charge is 0.310 e. The number of nitrogens with zero attached hydrogens (tertiary/aromatic N) is 1. The van der Waals surface area contributed by atoms with Crippen LogP contribution in [-0.2, 0) is 27.2 Å². The van der Waals surface area contributed by atoms with E-state index in [1.54, 1.807) is 24.0 Å². The maximum Gasteiger partial charge on any atom is 0.310 e. The molecule has 2 rings (SSSR count). The third-order valence-corrected chi connectivity index (χ3v) is 4.23. The lowest BCUT2D eigenvalue weighted by molar-refractivity contribution is -0.146. The Kier molecular flexibility index (Phi) is 7.33. The molecule has 26 heavy (non-hydrogen) atoms. The first kappa shape index (κ1) is 19.6. The van der Waals surface area contributed by atoms with E-state index in [4.69, 9.17) is 4.74 Å². The van der Waals surface area contributed by atoms with Gasteiger partial charge in [0.15, 0.2) is 0 Å². The van der Waals surface area contributed by atoms with Gasteiger partial charge < -0.3 is 9.64 Å². The molecule has 0 bridgehead atoms. The zero-order valence-electron chi connectivity index (χ0n) is 15.2. The van der Waals surface area contributed by atoms with Crippen LogP contribution in [0.4, 0.5) is 4.39 Å². The molecule has 0 aliphatic rings. The van der Waals surface area contributed by atoms with Crippen LogP contribution in [0.2, 0.25) is 0 Å². The van der Waals surface area contributed by atoms with Gasteiger partial charge in [0.05, 0.1) is 19.4 Å². The molecular formula is C21H24FNO3. The molecule has 0 saturated carbocycles. The first-order chi connectivity index (χ1) is 12.5. The number of hydrogen-bond donors (Lipinski definition) is 0. The minimum Gasteiger partial charge on any atom is -0.469 e. The molecule has 1 atom stereocenters. The van der Waals surface area contributed by atoms with E-state index in [0.29, 0.717) is 19.5 Å². The van der Waals surface area contributed by atoms with E-state index in [1.165, 1.54) is 19.2 Å². The lowest BCUT2D eigenvalue weighted by atomic mass is 10.1. The number of ether oxygens (including phenoxy) is 1. The minimum absolute atomic E-state index is 0.0472. The van der Waals surface area contributed by atoms with Gasteiger partial charge >= 0.3 is 5.97 Å². The van der Waals surface area contributed by atoms with Crippen molar-refractivity contribution in [2.45, 2.75) is 19.8 Å². The molecular weight excluding hydrogens is 333 g/mol. The molecule has 138 valence electrons. The molecule has 2 aromatic rings. The number of esters is 1. The molecule has 0 heterocycles. The molecule has 1 unspecified atom stereocenters. The van der Waals surface area contributed by atoms with Crippen LogP contribution in [0.5, 0.6) is 0 Å². The van der Waals surface area contributed by atoms with Crippen LogP contribution in [0.3, 0.4) is 0 Å². The van der Waals surface area contributed by atoms with Crippen LogP contribution in [0.25, 0.3) is 0 Å². The van der Waals surface area contributed by atoms with Crippen LogP contribution in [0.1, 0.15) is 18.1 Å². The summed E-state index contributed by atoms with van der Waals surface area (Å²) in [5.41, 5.74) is 1.87. The zero-order valence-corrected chi connectivity index (χ0v) is 15.2. The Hall–Kier alpha value is -2.69. The average molecular weight is 357 g/mol. The molecule has 2 aromatic carbocycles. The van der Waals surface area contributed by atoms with Crippen molar-refractivity contribution in [3.05, 3.63) is 71.5 Å². The van der Waals surface area contributed by atoms with Gasteiger partial charge in [0.1, 0.15) is 5.82 Å². The highest BCUT2D eigenvalue weighted by Gasteiger charge is 2.21. The molecule has 0 aliphatic carbocycles. The van der Waals surface area contributed by atoms with Gasteiger partial charge in [-0.3, -0.25) is 9.59 Å². The summed E-state index contributed by atoms with van der Waals surface area (Å²) in [4.78, 5) is 26.2. The number of rotatable bonds is 8. The van der Waals surface area contributed by atoms with Crippen LogP contribution < -0.4 is 0 Å². The Morgan fingerprint density at radius 1 is 1.04 bits per heavy atom. The summed E-state index contributed by atoms with van der Waals surface area (Å²) in [6.45, 7) is 2.49. The predicted molar refractivity (Wildman–Crippen MR) is 98.0 cm³/mol. The van der Waals surface area contributed by atoms with Gasteiger partial charge in [-0.15, -0.1) is 0 Å².